The number of benzene rings is 2. The van der Waals surface area contributed by atoms with Gasteiger partial charge in [-0.2, -0.15) is 0 Å². The molecule has 0 saturated carbocycles. The van der Waals surface area contributed by atoms with Gasteiger partial charge in [0.05, 0.1) is 21.7 Å². The van der Waals surface area contributed by atoms with Gasteiger partial charge in [-0.25, -0.2) is 13.4 Å². The van der Waals surface area contributed by atoms with Gasteiger partial charge in [0.25, 0.3) is 5.91 Å². The molecule has 0 radical (unpaired) electrons. The molecule has 9 heteroatoms. The second-order valence-electron chi connectivity index (χ2n) is 7.26. The number of anilines is 1. The van der Waals surface area contributed by atoms with Crippen molar-refractivity contribution in [2.45, 2.75) is 25.2 Å². The highest BCUT2D eigenvalue weighted by Gasteiger charge is 2.12. The SMILES string of the molecule is CC(C)CCOc1cccc(OCC(=O)Nc2nc3ccc(S(C)(=O)=O)cc3s2)c1. The molecule has 3 aromatic rings. The highest BCUT2D eigenvalue weighted by Crippen LogP contribution is 2.28. The van der Waals surface area contributed by atoms with E-state index in [-0.39, 0.29) is 17.4 Å². The van der Waals surface area contributed by atoms with Crippen molar-refractivity contribution in [3.63, 3.8) is 0 Å². The Kier molecular flexibility index (Phi) is 6.94. The molecule has 0 spiro atoms. The lowest BCUT2D eigenvalue weighted by Gasteiger charge is -2.10. The Bertz CT molecular complexity index is 1140. The first-order valence-corrected chi connectivity index (χ1v) is 12.2. The van der Waals surface area contributed by atoms with Crippen LogP contribution in [-0.4, -0.2) is 38.8 Å². The molecule has 0 unspecified atom stereocenters. The maximum Gasteiger partial charge on any atom is 0.264 e. The largest absolute Gasteiger partial charge is 0.493 e. The number of ether oxygens (including phenoxy) is 2. The third-order valence-corrected chi connectivity index (χ3v) is 6.22. The van der Waals surface area contributed by atoms with Crippen molar-refractivity contribution in [2.75, 3.05) is 24.8 Å². The fourth-order valence-corrected chi connectivity index (χ4v) is 4.20. The first-order valence-electron chi connectivity index (χ1n) is 9.47. The number of hydrogen-bond donors (Lipinski definition) is 1. The first kappa shape index (κ1) is 22.0. The van der Waals surface area contributed by atoms with E-state index in [0.29, 0.717) is 39.4 Å². The van der Waals surface area contributed by atoms with Crippen LogP contribution in [-0.2, 0) is 14.6 Å². The number of thiazole rings is 1. The zero-order valence-electron chi connectivity index (χ0n) is 17.0. The van der Waals surface area contributed by atoms with Gasteiger partial charge >= 0.3 is 0 Å². The average molecular weight is 449 g/mol. The molecule has 1 heterocycles. The number of carbonyl (C=O) groups is 1. The smallest absolute Gasteiger partial charge is 0.264 e. The van der Waals surface area contributed by atoms with Crippen molar-refractivity contribution >= 4 is 42.4 Å². The Morgan fingerprint density at radius 1 is 1.13 bits per heavy atom. The van der Waals surface area contributed by atoms with E-state index in [1.807, 2.05) is 12.1 Å². The van der Waals surface area contributed by atoms with Crippen molar-refractivity contribution in [3.05, 3.63) is 42.5 Å². The van der Waals surface area contributed by atoms with E-state index in [0.717, 1.165) is 12.7 Å². The molecule has 1 amide bonds. The van der Waals surface area contributed by atoms with Gasteiger partial charge < -0.3 is 9.47 Å². The molecule has 0 aliphatic rings. The minimum atomic E-state index is -3.30. The summed E-state index contributed by atoms with van der Waals surface area (Å²) in [6.07, 6.45) is 2.11. The predicted molar refractivity (Wildman–Crippen MR) is 118 cm³/mol. The van der Waals surface area contributed by atoms with Crippen LogP contribution in [0.2, 0.25) is 0 Å². The number of carbonyl (C=O) groups excluding carboxylic acids is 1. The molecule has 1 aromatic heterocycles. The lowest BCUT2D eigenvalue weighted by Crippen LogP contribution is -2.20. The Morgan fingerprint density at radius 3 is 2.57 bits per heavy atom. The van der Waals surface area contributed by atoms with Crippen LogP contribution in [0.4, 0.5) is 5.13 Å². The van der Waals surface area contributed by atoms with Gasteiger partial charge in [-0.15, -0.1) is 0 Å². The Labute approximate surface area is 180 Å². The molecular weight excluding hydrogens is 424 g/mol. The molecule has 0 aliphatic heterocycles. The normalized spacial score (nSPS) is 11.6. The Balaban J connectivity index is 1.57. The van der Waals surface area contributed by atoms with Crippen molar-refractivity contribution in [1.29, 1.82) is 0 Å². The summed E-state index contributed by atoms with van der Waals surface area (Å²) in [5.74, 6) is 1.44. The van der Waals surface area contributed by atoms with Crippen molar-refractivity contribution < 1.29 is 22.7 Å². The molecule has 1 N–H and O–H groups in total. The number of nitrogens with one attached hydrogen (secondary N) is 1. The van der Waals surface area contributed by atoms with E-state index in [4.69, 9.17) is 9.47 Å². The van der Waals surface area contributed by atoms with Crippen molar-refractivity contribution in [3.8, 4) is 11.5 Å². The zero-order chi connectivity index (χ0) is 21.7. The summed E-state index contributed by atoms with van der Waals surface area (Å²) < 4.78 is 35.3. The van der Waals surface area contributed by atoms with Gasteiger partial charge in [0, 0.05) is 12.3 Å². The summed E-state index contributed by atoms with van der Waals surface area (Å²) in [4.78, 5) is 16.8. The molecular formula is C21H24N2O5S2. The molecule has 3 rings (SSSR count). The van der Waals surface area contributed by atoms with E-state index < -0.39 is 9.84 Å². The molecule has 0 aliphatic carbocycles. The predicted octanol–water partition coefficient (Wildman–Crippen LogP) is 4.14. The van der Waals surface area contributed by atoms with Crippen molar-refractivity contribution in [2.24, 2.45) is 5.92 Å². The van der Waals surface area contributed by atoms with Gasteiger partial charge in [0.1, 0.15) is 11.5 Å². The standard InChI is InChI=1S/C21H24N2O5S2/c1-14(2)9-10-27-15-5-4-6-16(11-15)28-13-20(24)23-21-22-18-8-7-17(30(3,25)26)12-19(18)29-21/h4-8,11-12,14H,9-10,13H2,1-3H3,(H,22,23,24). The summed E-state index contributed by atoms with van der Waals surface area (Å²) in [5.41, 5.74) is 0.620. The number of rotatable bonds is 9. The minimum Gasteiger partial charge on any atom is -0.493 e. The highest BCUT2D eigenvalue weighted by atomic mass is 32.2. The summed E-state index contributed by atoms with van der Waals surface area (Å²) in [6.45, 7) is 4.72. The Morgan fingerprint density at radius 2 is 1.87 bits per heavy atom. The third-order valence-electron chi connectivity index (χ3n) is 4.17. The molecule has 7 nitrogen and oxygen atoms in total. The Hall–Kier alpha value is -2.65. The fraction of sp³-hybridized carbons (Fsp3) is 0.333. The quantitative estimate of drug-likeness (QED) is 0.529. The lowest BCUT2D eigenvalue weighted by atomic mass is 10.1. The van der Waals surface area contributed by atoms with Crippen LogP contribution in [0.3, 0.4) is 0 Å². The first-order chi connectivity index (χ1) is 14.2. The maximum absolute atomic E-state index is 12.2. The van der Waals surface area contributed by atoms with Crippen molar-refractivity contribution in [1.82, 2.24) is 4.98 Å². The summed E-state index contributed by atoms with van der Waals surface area (Å²) in [6, 6.07) is 11.8. The molecule has 0 atom stereocenters. The van der Waals surface area contributed by atoms with Gasteiger partial charge in [-0.1, -0.05) is 31.3 Å². The molecule has 2 aromatic carbocycles. The monoisotopic (exact) mass is 448 g/mol. The number of nitrogens with zero attached hydrogens (tertiary/aromatic N) is 1. The number of sulfone groups is 1. The topological polar surface area (TPSA) is 94.6 Å². The second kappa shape index (κ2) is 9.44. The number of hydrogen-bond acceptors (Lipinski definition) is 7. The van der Waals surface area contributed by atoms with Crippen LogP contribution in [0, 0.1) is 5.92 Å². The summed E-state index contributed by atoms with van der Waals surface area (Å²) in [5, 5.41) is 3.07. The van der Waals surface area contributed by atoms with Gasteiger partial charge in [0.15, 0.2) is 21.6 Å². The van der Waals surface area contributed by atoms with Gasteiger partial charge in [0.2, 0.25) is 0 Å². The van der Waals surface area contributed by atoms with E-state index >= 15 is 0 Å². The van der Waals surface area contributed by atoms with Gasteiger partial charge in [-0.3, -0.25) is 10.1 Å². The van der Waals surface area contributed by atoms with E-state index in [2.05, 4.69) is 24.1 Å². The third kappa shape index (κ3) is 6.17. The molecule has 160 valence electrons. The van der Waals surface area contributed by atoms with E-state index in [9.17, 15) is 13.2 Å². The highest BCUT2D eigenvalue weighted by molar-refractivity contribution is 7.90. The number of amides is 1. The zero-order valence-corrected chi connectivity index (χ0v) is 18.7. The van der Waals surface area contributed by atoms with Crippen LogP contribution in [0.15, 0.2) is 47.4 Å². The molecule has 0 bridgehead atoms. The van der Waals surface area contributed by atoms with Crippen LogP contribution >= 0.6 is 11.3 Å². The second-order valence-corrected chi connectivity index (χ2v) is 10.3. The maximum atomic E-state index is 12.2. The van der Waals surface area contributed by atoms with E-state index in [1.54, 1.807) is 24.3 Å². The lowest BCUT2D eigenvalue weighted by molar-refractivity contribution is -0.118. The van der Waals surface area contributed by atoms with Crippen LogP contribution in [0.25, 0.3) is 10.2 Å². The van der Waals surface area contributed by atoms with Gasteiger partial charge in [-0.05, 0) is 42.7 Å². The molecule has 0 fully saturated rings. The molecule has 0 saturated heterocycles. The molecule has 30 heavy (non-hydrogen) atoms. The van der Waals surface area contributed by atoms with Crippen LogP contribution < -0.4 is 14.8 Å². The fourth-order valence-electron chi connectivity index (χ4n) is 2.56. The number of aromatic nitrogens is 1. The summed E-state index contributed by atoms with van der Waals surface area (Å²) >= 11 is 1.21. The average Bonchev–Trinajstić information content (AvgIpc) is 3.07. The van der Waals surface area contributed by atoms with Crippen LogP contribution in [0.1, 0.15) is 20.3 Å². The summed E-state index contributed by atoms with van der Waals surface area (Å²) in [7, 11) is -3.30. The minimum absolute atomic E-state index is 0.181. The van der Waals surface area contributed by atoms with Crippen LogP contribution in [0.5, 0.6) is 11.5 Å². The number of fused-ring (bicyclic) bond motifs is 1. The van der Waals surface area contributed by atoms with E-state index in [1.165, 1.54) is 17.4 Å².